The molecule has 7 nitrogen and oxygen atoms in total. The number of aliphatic hydroxyl groups excluding tert-OH is 1. The molecule has 3 rings (SSSR count). The summed E-state index contributed by atoms with van der Waals surface area (Å²) in [7, 11) is 1.60. The van der Waals surface area contributed by atoms with E-state index in [0.717, 1.165) is 11.3 Å². The molecule has 0 atom stereocenters. The Morgan fingerprint density at radius 2 is 2.08 bits per heavy atom. The minimum absolute atomic E-state index is 0.140. The van der Waals surface area contributed by atoms with Crippen molar-refractivity contribution in [3.8, 4) is 5.75 Å². The first-order valence-electron chi connectivity index (χ1n) is 8.00. The van der Waals surface area contributed by atoms with Crippen molar-refractivity contribution in [3.05, 3.63) is 64.5 Å². The van der Waals surface area contributed by atoms with Crippen LogP contribution in [0, 0.1) is 6.92 Å². The molecule has 0 saturated carbocycles. The fourth-order valence-corrected chi connectivity index (χ4v) is 2.60. The minimum atomic E-state index is -0.650. The molecule has 0 aliphatic heterocycles. The number of hydrogen-bond donors (Lipinski definition) is 2. The highest BCUT2D eigenvalue weighted by atomic mass is 16.5. The Bertz CT molecular complexity index is 1020. The second-order valence-corrected chi connectivity index (χ2v) is 5.76. The summed E-state index contributed by atoms with van der Waals surface area (Å²) < 4.78 is 11.0. The van der Waals surface area contributed by atoms with Gasteiger partial charge in [-0.3, -0.25) is 9.78 Å². The van der Waals surface area contributed by atoms with Crippen LogP contribution in [-0.2, 0) is 13.2 Å². The molecule has 0 saturated heterocycles. The summed E-state index contributed by atoms with van der Waals surface area (Å²) in [4.78, 5) is 20.5. The lowest BCUT2D eigenvalue weighted by atomic mass is 10.1. The molecule has 0 bridgehead atoms. The third-order valence-electron chi connectivity index (χ3n) is 4.05. The first-order valence-corrected chi connectivity index (χ1v) is 8.00. The quantitative estimate of drug-likeness (QED) is 0.727. The topological polar surface area (TPSA) is 111 Å². The molecule has 0 unspecified atom stereocenters. The Morgan fingerprint density at radius 3 is 2.69 bits per heavy atom. The van der Waals surface area contributed by atoms with Gasteiger partial charge in [0.15, 0.2) is 5.58 Å². The van der Waals surface area contributed by atoms with Gasteiger partial charge < -0.3 is 20.0 Å². The van der Waals surface area contributed by atoms with Crippen molar-refractivity contribution < 1.29 is 19.1 Å². The lowest BCUT2D eigenvalue weighted by molar-refractivity contribution is 0.0996. The van der Waals surface area contributed by atoms with Crippen LogP contribution in [0.5, 0.6) is 5.75 Å². The molecule has 0 aliphatic rings. The highest BCUT2D eigenvalue weighted by Crippen LogP contribution is 2.20. The average molecular weight is 353 g/mol. The van der Waals surface area contributed by atoms with Gasteiger partial charge in [0.05, 0.1) is 26.0 Å². The number of aromatic nitrogens is 1. The van der Waals surface area contributed by atoms with Gasteiger partial charge in [-0.15, -0.1) is 0 Å². The normalized spacial score (nSPS) is 11.7. The number of amides is 1. The van der Waals surface area contributed by atoms with Crippen LogP contribution >= 0.6 is 0 Å². The van der Waals surface area contributed by atoms with Gasteiger partial charge in [-0.25, -0.2) is 4.99 Å². The number of benzene rings is 1. The number of fused-ring (bicyclic) bond motifs is 1. The van der Waals surface area contributed by atoms with E-state index in [1.54, 1.807) is 26.3 Å². The smallest absolute Gasteiger partial charge is 0.254 e. The minimum Gasteiger partial charge on any atom is -0.497 e. The maximum atomic E-state index is 11.9. The number of nitrogens with two attached hydrogens (primary N) is 1. The van der Waals surface area contributed by atoms with Crippen LogP contribution in [0.15, 0.2) is 45.9 Å². The number of primary amides is 1. The third kappa shape index (κ3) is 3.43. The summed E-state index contributed by atoms with van der Waals surface area (Å²) in [5, 5.41) is 10.1. The van der Waals surface area contributed by atoms with E-state index < -0.39 is 5.91 Å². The van der Waals surface area contributed by atoms with Crippen molar-refractivity contribution in [2.45, 2.75) is 20.1 Å². The molecule has 26 heavy (non-hydrogen) atoms. The molecule has 134 valence electrons. The summed E-state index contributed by atoms with van der Waals surface area (Å²) in [6, 6.07) is 9.01. The zero-order valence-corrected chi connectivity index (χ0v) is 14.5. The van der Waals surface area contributed by atoms with Gasteiger partial charge in [0.1, 0.15) is 11.3 Å². The molecule has 0 radical (unpaired) electrons. The number of carbonyl (C=O) groups excluding carboxylic acids is 1. The van der Waals surface area contributed by atoms with Crippen LogP contribution in [0.1, 0.15) is 27.2 Å². The summed E-state index contributed by atoms with van der Waals surface area (Å²) in [5.74, 6) is 0.0997. The van der Waals surface area contributed by atoms with Crippen molar-refractivity contribution in [3.63, 3.8) is 0 Å². The lowest BCUT2D eigenvalue weighted by Crippen LogP contribution is -2.22. The van der Waals surface area contributed by atoms with E-state index in [1.165, 1.54) is 0 Å². The van der Waals surface area contributed by atoms with Crippen molar-refractivity contribution in [2.24, 2.45) is 10.7 Å². The second-order valence-electron chi connectivity index (χ2n) is 5.76. The van der Waals surface area contributed by atoms with Crippen LogP contribution in [-0.4, -0.2) is 23.1 Å². The van der Waals surface area contributed by atoms with E-state index in [0.29, 0.717) is 28.8 Å². The number of ether oxygens (including phenoxy) is 1. The molecule has 2 aromatic heterocycles. The fraction of sp³-hybridized carbons (Fsp3) is 0.211. The van der Waals surface area contributed by atoms with Gasteiger partial charge >= 0.3 is 0 Å². The number of aryl methyl sites for hydroxylation is 1. The summed E-state index contributed by atoms with van der Waals surface area (Å²) >= 11 is 0. The average Bonchev–Trinajstić information content (AvgIpc) is 2.66. The SMILES string of the molecule is COc1ccc(CN=c2oc3c(C)ncc(CO)c3cc2C(N)=O)cc1. The lowest BCUT2D eigenvalue weighted by Gasteiger charge is -2.07. The molecular weight excluding hydrogens is 334 g/mol. The number of rotatable bonds is 5. The zero-order chi connectivity index (χ0) is 18.7. The van der Waals surface area contributed by atoms with Crippen molar-refractivity contribution in [1.82, 2.24) is 4.98 Å². The predicted octanol–water partition coefficient (Wildman–Crippen LogP) is 1.84. The van der Waals surface area contributed by atoms with Crippen LogP contribution in [0.4, 0.5) is 0 Å². The fourth-order valence-electron chi connectivity index (χ4n) is 2.60. The number of aliphatic hydroxyl groups is 1. The monoisotopic (exact) mass is 353 g/mol. The van der Waals surface area contributed by atoms with E-state index in [1.807, 2.05) is 24.3 Å². The first-order chi connectivity index (χ1) is 12.5. The Balaban J connectivity index is 2.12. The van der Waals surface area contributed by atoms with E-state index in [2.05, 4.69) is 9.98 Å². The molecule has 1 aromatic carbocycles. The van der Waals surface area contributed by atoms with Gasteiger partial charge in [-0.05, 0) is 30.7 Å². The molecule has 2 heterocycles. The predicted molar refractivity (Wildman–Crippen MR) is 95.4 cm³/mol. The standard InChI is InChI=1S/C19H19N3O4/c1-11-17-15(13(10-23)9-21-11)7-16(18(20)24)19(26-17)22-8-12-3-5-14(25-2)6-4-12/h3-7,9,23H,8,10H2,1-2H3,(H2,20,24). The molecular formula is C19H19N3O4. The molecule has 0 spiro atoms. The highest BCUT2D eigenvalue weighted by molar-refractivity contribution is 5.96. The molecule has 0 aliphatic carbocycles. The van der Waals surface area contributed by atoms with Gasteiger partial charge in [0, 0.05) is 17.1 Å². The van der Waals surface area contributed by atoms with E-state index >= 15 is 0 Å². The molecule has 7 heteroatoms. The maximum absolute atomic E-state index is 11.9. The van der Waals surface area contributed by atoms with E-state index in [9.17, 15) is 9.90 Å². The van der Waals surface area contributed by atoms with Gasteiger partial charge in [0.25, 0.3) is 5.91 Å². The largest absolute Gasteiger partial charge is 0.497 e. The zero-order valence-electron chi connectivity index (χ0n) is 14.5. The first kappa shape index (κ1) is 17.6. The third-order valence-corrected chi connectivity index (χ3v) is 4.05. The van der Waals surface area contributed by atoms with E-state index in [-0.39, 0.29) is 17.7 Å². The Hall–Kier alpha value is -3.19. The molecule has 1 amide bonds. The number of methoxy groups -OCH3 is 1. The van der Waals surface area contributed by atoms with Crippen molar-refractivity contribution in [2.75, 3.05) is 7.11 Å². The highest BCUT2D eigenvalue weighted by Gasteiger charge is 2.13. The number of pyridine rings is 1. The molecule has 3 N–H and O–H groups in total. The Kier molecular flexibility index (Phi) is 4.99. The van der Waals surface area contributed by atoms with Gasteiger partial charge in [-0.2, -0.15) is 0 Å². The second kappa shape index (κ2) is 7.37. The van der Waals surface area contributed by atoms with Crippen LogP contribution in [0.3, 0.4) is 0 Å². The molecule has 3 aromatic rings. The van der Waals surface area contributed by atoms with Crippen molar-refractivity contribution >= 4 is 16.9 Å². The summed E-state index contributed by atoms with van der Waals surface area (Å²) in [6.07, 6.45) is 1.55. The van der Waals surface area contributed by atoms with Gasteiger partial charge in [0.2, 0.25) is 5.55 Å². The Labute approximate surface area is 149 Å². The van der Waals surface area contributed by atoms with Gasteiger partial charge in [-0.1, -0.05) is 12.1 Å². The van der Waals surface area contributed by atoms with Crippen LogP contribution in [0.2, 0.25) is 0 Å². The number of hydrogen-bond acceptors (Lipinski definition) is 6. The van der Waals surface area contributed by atoms with Crippen molar-refractivity contribution in [1.29, 1.82) is 0 Å². The van der Waals surface area contributed by atoms with Crippen LogP contribution in [0.25, 0.3) is 11.0 Å². The maximum Gasteiger partial charge on any atom is 0.254 e. The summed E-state index contributed by atoms with van der Waals surface area (Å²) in [6.45, 7) is 1.87. The molecule has 0 fully saturated rings. The number of nitrogens with zero attached hydrogens (tertiary/aromatic N) is 2. The van der Waals surface area contributed by atoms with E-state index in [4.69, 9.17) is 14.9 Å². The Morgan fingerprint density at radius 1 is 1.35 bits per heavy atom. The van der Waals surface area contributed by atoms with Crippen LogP contribution < -0.4 is 16.0 Å². The summed E-state index contributed by atoms with van der Waals surface area (Å²) in [5.41, 5.74) is 8.37. The number of carbonyl (C=O) groups is 1.